The fraction of sp³-hybridized carbons (Fsp3) is 0.889. The van der Waals surface area contributed by atoms with E-state index in [4.69, 9.17) is 5.26 Å². The Bertz CT molecular complexity index is 148. The van der Waals surface area contributed by atoms with Crippen LogP contribution in [-0.2, 0) is 0 Å². The van der Waals surface area contributed by atoms with Crippen LogP contribution in [0.5, 0.6) is 0 Å². The fourth-order valence-electron chi connectivity index (χ4n) is 0.970. The van der Waals surface area contributed by atoms with Gasteiger partial charge in [-0.15, -0.1) is 0 Å². The van der Waals surface area contributed by atoms with Crippen LogP contribution in [0, 0.1) is 17.2 Å². The van der Waals surface area contributed by atoms with Crippen molar-refractivity contribution in [1.29, 1.82) is 5.26 Å². The summed E-state index contributed by atoms with van der Waals surface area (Å²) in [7, 11) is 6.17. The van der Waals surface area contributed by atoms with Crippen molar-refractivity contribution < 1.29 is 0 Å². The smallest absolute Gasteiger partial charge is 0.0666 e. The van der Waals surface area contributed by atoms with Gasteiger partial charge < -0.3 is 9.80 Å². The van der Waals surface area contributed by atoms with Gasteiger partial charge in [-0.25, -0.2) is 0 Å². The zero-order chi connectivity index (χ0) is 9.56. The molecule has 0 saturated heterocycles. The van der Waals surface area contributed by atoms with E-state index < -0.39 is 0 Å². The highest BCUT2D eigenvalue weighted by Gasteiger charge is 2.04. The van der Waals surface area contributed by atoms with Crippen molar-refractivity contribution in [3.63, 3.8) is 0 Å². The first-order valence-electron chi connectivity index (χ1n) is 4.29. The van der Waals surface area contributed by atoms with Gasteiger partial charge in [0.05, 0.1) is 12.0 Å². The van der Waals surface area contributed by atoms with Gasteiger partial charge in [0.1, 0.15) is 0 Å². The number of likely N-dealkylation sites (N-methyl/N-ethyl adjacent to an activating group) is 2. The zero-order valence-electron chi connectivity index (χ0n) is 8.54. The normalized spacial score (nSPS) is 13.4. The third-order valence-electron chi connectivity index (χ3n) is 1.73. The largest absolute Gasteiger partial charge is 0.308 e. The molecule has 12 heavy (non-hydrogen) atoms. The molecule has 0 aromatic carbocycles. The van der Waals surface area contributed by atoms with Gasteiger partial charge in [-0.1, -0.05) is 0 Å². The molecule has 3 heteroatoms. The molecule has 0 N–H and O–H groups in total. The lowest BCUT2D eigenvalue weighted by atomic mass is 10.2. The quantitative estimate of drug-likeness (QED) is 0.605. The number of hydrogen-bond acceptors (Lipinski definition) is 3. The Balaban J connectivity index is 3.47. The molecule has 0 heterocycles. The molecular weight excluding hydrogens is 150 g/mol. The Morgan fingerprint density at radius 1 is 1.25 bits per heavy atom. The minimum atomic E-state index is 0.136. The van der Waals surface area contributed by atoms with Crippen LogP contribution in [0.2, 0.25) is 0 Å². The van der Waals surface area contributed by atoms with Gasteiger partial charge in [0, 0.05) is 19.6 Å². The maximum Gasteiger partial charge on any atom is 0.0666 e. The predicted octanol–water partition coefficient (Wildman–Crippen LogP) is 0.639. The van der Waals surface area contributed by atoms with Gasteiger partial charge in [0.25, 0.3) is 0 Å². The Morgan fingerprint density at radius 3 is 2.25 bits per heavy atom. The number of nitriles is 1. The Hall–Kier alpha value is -0.590. The van der Waals surface area contributed by atoms with E-state index in [0.717, 1.165) is 19.6 Å². The van der Waals surface area contributed by atoms with Gasteiger partial charge in [0.2, 0.25) is 0 Å². The lowest BCUT2D eigenvalue weighted by Gasteiger charge is -2.19. The molecule has 0 bridgehead atoms. The molecule has 0 rings (SSSR count). The van der Waals surface area contributed by atoms with E-state index in [1.807, 2.05) is 6.92 Å². The predicted molar refractivity (Wildman–Crippen MR) is 50.8 cm³/mol. The van der Waals surface area contributed by atoms with Crippen LogP contribution in [0.25, 0.3) is 0 Å². The highest BCUT2D eigenvalue weighted by Crippen LogP contribution is 1.95. The van der Waals surface area contributed by atoms with Crippen molar-refractivity contribution in [3.8, 4) is 6.07 Å². The minimum absolute atomic E-state index is 0.136. The van der Waals surface area contributed by atoms with E-state index in [9.17, 15) is 0 Å². The number of rotatable bonds is 5. The molecule has 0 aliphatic carbocycles. The van der Waals surface area contributed by atoms with Crippen molar-refractivity contribution in [2.24, 2.45) is 5.92 Å². The van der Waals surface area contributed by atoms with E-state index in [1.54, 1.807) is 0 Å². The monoisotopic (exact) mass is 169 g/mol. The molecule has 0 aromatic rings. The molecule has 0 spiro atoms. The van der Waals surface area contributed by atoms with Crippen LogP contribution < -0.4 is 0 Å². The van der Waals surface area contributed by atoms with Crippen LogP contribution in [0.1, 0.15) is 6.92 Å². The fourth-order valence-corrected chi connectivity index (χ4v) is 0.970. The number of hydrogen-bond donors (Lipinski definition) is 0. The van der Waals surface area contributed by atoms with Gasteiger partial charge in [0.15, 0.2) is 0 Å². The van der Waals surface area contributed by atoms with Crippen LogP contribution in [0.15, 0.2) is 0 Å². The summed E-state index contributed by atoms with van der Waals surface area (Å²) < 4.78 is 0. The Labute approximate surface area is 75.6 Å². The van der Waals surface area contributed by atoms with E-state index >= 15 is 0 Å². The van der Waals surface area contributed by atoms with E-state index in [2.05, 4.69) is 37.0 Å². The molecule has 0 amide bonds. The zero-order valence-corrected chi connectivity index (χ0v) is 8.54. The summed E-state index contributed by atoms with van der Waals surface area (Å²) in [5.41, 5.74) is 0. The molecule has 0 aromatic heterocycles. The molecule has 1 atom stereocenters. The van der Waals surface area contributed by atoms with Crippen molar-refractivity contribution in [2.45, 2.75) is 6.92 Å². The average molecular weight is 169 g/mol. The molecule has 3 nitrogen and oxygen atoms in total. The molecule has 0 aliphatic heterocycles. The summed E-state index contributed by atoms with van der Waals surface area (Å²) in [6, 6.07) is 2.23. The first-order chi connectivity index (χ1) is 5.56. The van der Waals surface area contributed by atoms with Gasteiger partial charge in [-0.05, 0) is 28.1 Å². The molecule has 0 saturated carbocycles. The maximum absolute atomic E-state index is 8.57. The lowest BCUT2D eigenvalue weighted by Crippen LogP contribution is -2.31. The Kier molecular flexibility index (Phi) is 5.69. The van der Waals surface area contributed by atoms with E-state index in [0.29, 0.717) is 0 Å². The molecule has 0 aliphatic rings. The van der Waals surface area contributed by atoms with Gasteiger partial charge in [-0.2, -0.15) is 5.26 Å². The second-order valence-corrected chi connectivity index (χ2v) is 3.60. The van der Waals surface area contributed by atoms with Crippen molar-refractivity contribution in [3.05, 3.63) is 0 Å². The third kappa shape index (κ3) is 6.14. The highest BCUT2D eigenvalue weighted by molar-refractivity contribution is 4.80. The van der Waals surface area contributed by atoms with Crippen LogP contribution in [0.4, 0.5) is 0 Å². The SMILES string of the molecule is CC(C#N)CN(C)CCN(C)C. The topological polar surface area (TPSA) is 30.3 Å². The standard InChI is InChI=1S/C9H19N3/c1-9(7-10)8-12(4)6-5-11(2)3/h9H,5-6,8H2,1-4H3. The maximum atomic E-state index is 8.57. The molecule has 70 valence electrons. The summed E-state index contributed by atoms with van der Waals surface area (Å²) in [5.74, 6) is 0.136. The average Bonchev–Trinajstić information content (AvgIpc) is 2.00. The summed E-state index contributed by atoms with van der Waals surface area (Å²) in [6.45, 7) is 4.89. The first kappa shape index (κ1) is 11.4. The summed E-state index contributed by atoms with van der Waals surface area (Å²) in [6.07, 6.45) is 0. The minimum Gasteiger partial charge on any atom is -0.308 e. The van der Waals surface area contributed by atoms with Gasteiger partial charge >= 0.3 is 0 Å². The third-order valence-corrected chi connectivity index (χ3v) is 1.73. The van der Waals surface area contributed by atoms with Crippen molar-refractivity contribution in [2.75, 3.05) is 40.8 Å². The van der Waals surface area contributed by atoms with Crippen LogP contribution in [-0.4, -0.2) is 50.6 Å². The first-order valence-corrected chi connectivity index (χ1v) is 4.29. The molecular formula is C9H19N3. The van der Waals surface area contributed by atoms with Crippen molar-refractivity contribution in [1.82, 2.24) is 9.80 Å². The summed E-state index contributed by atoms with van der Waals surface area (Å²) in [5, 5.41) is 8.57. The Morgan fingerprint density at radius 2 is 1.83 bits per heavy atom. The van der Waals surface area contributed by atoms with Crippen LogP contribution in [0.3, 0.4) is 0 Å². The second kappa shape index (κ2) is 5.99. The molecule has 0 fully saturated rings. The van der Waals surface area contributed by atoms with E-state index in [-0.39, 0.29) is 5.92 Å². The summed E-state index contributed by atoms with van der Waals surface area (Å²) >= 11 is 0. The highest BCUT2D eigenvalue weighted by atomic mass is 15.1. The lowest BCUT2D eigenvalue weighted by molar-refractivity contribution is 0.268. The number of nitrogens with zero attached hydrogens (tertiary/aromatic N) is 3. The van der Waals surface area contributed by atoms with Crippen LogP contribution >= 0.6 is 0 Å². The van der Waals surface area contributed by atoms with E-state index in [1.165, 1.54) is 0 Å². The van der Waals surface area contributed by atoms with Crippen molar-refractivity contribution >= 4 is 0 Å². The van der Waals surface area contributed by atoms with Gasteiger partial charge in [-0.3, -0.25) is 0 Å². The molecule has 1 unspecified atom stereocenters. The summed E-state index contributed by atoms with van der Waals surface area (Å²) in [4.78, 5) is 4.33. The molecule has 0 radical (unpaired) electrons. The second-order valence-electron chi connectivity index (χ2n) is 3.60.